The van der Waals surface area contributed by atoms with E-state index in [2.05, 4.69) is 9.97 Å². The largest absolute Gasteiger partial charge is 0.497 e. The van der Waals surface area contributed by atoms with Gasteiger partial charge in [0.05, 0.1) is 30.8 Å². The quantitative estimate of drug-likeness (QED) is 0.629. The van der Waals surface area contributed by atoms with Gasteiger partial charge in [0.2, 0.25) is 0 Å². The van der Waals surface area contributed by atoms with E-state index in [0.717, 1.165) is 11.3 Å². The third kappa shape index (κ3) is 3.42. The van der Waals surface area contributed by atoms with Gasteiger partial charge in [0.1, 0.15) is 23.6 Å². The van der Waals surface area contributed by atoms with Gasteiger partial charge in [-0.2, -0.15) is 0 Å². The molecule has 4 N–H and O–H groups in total. The first-order valence-electron chi connectivity index (χ1n) is 9.07. The Balaban J connectivity index is 2.26. The molecule has 3 aromatic rings. The molecule has 0 aliphatic heterocycles. The van der Waals surface area contributed by atoms with Crippen LogP contribution in [-0.2, 0) is 5.54 Å². The Labute approximate surface area is 169 Å². The van der Waals surface area contributed by atoms with Crippen LogP contribution in [0.3, 0.4) is 0 Å². The molecule has 0 aliphatic rings. The highest BCUT2D eigenvalue weighted by molar-refractivity contribution is 6.07. The molecule has 0 spiro atoms. The monoisotopic (exact) mass is 395 g/mol. The van der Waals surface area contributed by atoms with Crippen LogP contribution in [0.15, 0.2) is 42.7 Å². The van der Waals surface area contributed by atoms with Crippen LogP contribution in [0.5, 0.6) is 11.5 Å². The van der Waals surface area contributed by atoms with Crippen LogP contribution >= 0.6 is 0 Å². The normalized spacial score (nSPS) is 13.0. The Morgan fingerprint density at radius 1 is 1.17 bits per heavy atom. The van der Waals surface area contributed by atoms with E-state index in [1.807, 2.05) is 43.1 Å². The van der Waals surface area contributed by atoms with Gasteiger partial charge in [-0.1, -0.05) is 18.2 Å². The Morgan fingerprint density at radius 3 is 2.52 bits per heavy atom. The zero-order chi connectivity index (χ0) is 21.2. The summed E-state index contributed by atoms with van der Waals surface area (Å²) in [7, 11) is 5.04. The van der Waals surface area contributed by atoms with Gasteiger partial charge in [0.15, 0.2) is 0 Å². The molecule has 1 aromatic heterocycles. The number of amides is 1. The zero-order valence-electron chi connectivity index (χ0n) is 17.0. The summed E-state index contributed by atoms with van der Waals surface area (Å²) in [6.07, 6.45) is 1.41. The number of rotatable bonds is 7. The third-order valence-corrected chi connectivity index (χ3v) is 5.34. The molecule has 0 saturated heterocycles. The molecule has 1 unspecified atom stereocenters. The van der Waals surface area contributed by atoms with Crippen molar-refractivity contribution < 1.29 is 14.3 Å². The average molecular weight is 395 g/mol. The SMILES string of the molecule is COc1cc(C(N)=O)c2ncnc(N(C)C(C)(CN)c3ccccc3OC)c2c1. The fraction of sp³-hybridized carbons (Fsp3) is 0.286. The van der Waals surface area contributed by atoms with Crippen LogP contribution in [0, 0.1) is 0 Å². The predicted octanol–water partition coefficient (Wildman–Crippen LogP) is 2.06. The molecule has 0 radical (unpaired) electrons. The molecule has 8 nitrogen and oxygen atoms in total. The van der Waals surface area contributed by atoms with Crippen molar-refractivity contribution in [2.75, 3.05) is 32.7 Å². The van der Waals surface area contributed by atoms with Crippen molar-refractivity contribution in [3.05, 3.63) is 53.9 Å². The van der Waals surface area contributed by atoms with Crippen molar-refractivity contribution in [3.63, 3.8) is 0 Å². The van der Waals surface area contributed by atoms with Crippen molar-refractivity contribution in [2.24, 2.45) is 11.5 Å². The van der Waals surface area contributed by atoms with Crippen LogP contribution in [0.1, 0.15) is 22.8 Å². The Kier molecular flexibility index (Phi) is 5.56. The summed E-state index contributed by atoms with van der Waals surface area (Å²) in [4.78, 5) is 22.7. The summed E-state index contributed by atoms with van der Waals surface area (Å²) >= 11 is 0. The molecule has 29 heavy (non-hydrogen) atoms. The Hall–Kier alpha value is -3.39. The average Bonchev–Trinajstić information content (AvgIpc) is 2.76. The molecule has 0 fully saturated rings. The number of aromatic nitrogens is 2. The number of benzene rings is 2. The molecule has 1 amide bonds. The molecular formula is C21H25N5O3. The van der Waals surface area contributed by atoms with E-state index in [1.54, 1.807) is 19.2 Å². The van der Waals surface area contributed by atoms with Crippen LogP contribution < -0.4 is 25.8 Å². The van der Waals surface area contributed by atoms with Gasteiger partial charge in [-0.05, 0) is 25.1 Å². The van der Waals surface area contributed by atoms with E-state index in [9.17, 15) is 4.79 Å². The highest BCUT2D eigenvalue weighted by Crippen LogP contribution is 2.38. The molecule has 0 bridgehead atoms. The maximum Gasteiger partial charge on any atom is 0.251 e. The highest BCUT2D eigenvalue weighted by Gasteiger charge is 2.34. The van der Waals surface area contributed by atoms with Gasteiger partial charge < -0.3 is 25.8 Å². The molecule has 152 valence electrons. The Bertz CT molecular complexity index is 1060. The maximum absolute atomic E-state index is 12.0. The molecule has 1 heterocycles. The van der Waals surface area contributed by atoms with Crippen molar-refractivity contribution in [3.8, 4) is 11.5 Å². The summed E-state index contributed by atoms with van der Waals surface area (Å²) < 4.78 is 10.9. The summed E-state index contributed by atoms with van der Waals surface area (Å²) in [5.41, 5.74) is 12.8. The summed E-state index contributed by atoms with van der Waals surface area (Å²) in [5, 5.41) is 0.637. The van der Waals surface area contributed by atoms with Gasteiger partial charge in [0, 0.05) is 24.5 Å². The molecule has 0 aliphatic carbocycles. The summed E-state index contributed by atoms with van der Waals surface area (Å²) in [6, 6.07) is 11.1. The smallest absolute Gasteiger partial charge is 0.251 e. The number of nitrogens with two attached hydrogens (primary N) is 2. The number of primary amides is 1. The van der Waals surface area contributed by atoms with Crippen LogP contribution in [0.4, 0.5) is 5.82 Å². The van der Waals surface area contributed by atoms with Crippen LogP contribution in [0.2, 0.25) is 0 Å². The molecule has 0 saturated carbocycles. The fourth-order valence-corrected chi connectivity index (χ4v) is 3.45. The lowest BCUT2D eigenvalue weighted by Gasteiger charge is -2.40. The maximum atomic E-state index is 12.0. The van der Waals surface area contributed by atoms with Crippen molar-refractivity contribution >= 4 is 22.6 Å². The number of hydrogen-bond donors (Lipinski definition) is 2. The lowest BCUT2D eigenvalue weighted by atomic mass is 9.89. The number of carbonyl (C=O) groups is 1. The number of para-hydroxylation sites is 1. The topological polar surface area (TPSA) is 117 Å². The van der Waals surface area contributed by atoms with E-state index >= 15 is 0 Å². The van der Waals surface area contributed by atoms with E-state index < -0.39 is 11.4 Å². The first-order valence-corrected chi connectivity index (χ1v) is 9.07. The van der Waals surface area contributed by atoms with Gasteiger partial charge in [-0.3, -0.25) is 4.79 Å². The van der Waals surface area contributed by atoms with E-state index in [4.69, 9.17) is 20.9 Å². The first kappa shape index (κ1) is 20.3. The predicted molar refractivity (Wildman–Crippen MR) is 112 cm³/mol. The number of ether oxygens (including phenoxy) is 2. The minimum Gasteiger partial charge on any atom is -0.497 e. The van der Waals surface area contributed by atoms with Crippen molar-refractivity contribution in [1.82, 2.24) is 9.97 Å². The zero-order valence-corrected chi connectivity index (χ0v) is 17.0. The second-order valence-corrected chi connectivity index (χ2v) is 6.87. The van der Waals surface area contributed by atoms with Gasteiger partial charge in [-0.25, -0.2) is 9.97 Å². The van der Waals surface area contributed by atoms with E-state index in [-0.39, 0.29) is 5.56 Å². The number of fused-ring (bicyclic) bond motifs is 1. The minimum absolute atomic E-state index is 0.267. The van der Waals surface area contributed by atoms with Crippen LogP contribution in [-0.4, -0.2) is 43.7 Å². The number of hydrogen-bond acceptors (Lipinski definition) is 7. The number of anilines is 1. The lowest BCUT2D eigenvalue weighted by Crippen LogP contribution is -2.48. The third-order valence-electron chi connectivity index (χ3n) is 5.34. The summed E-state index contributed by atoms with van der Waals surface area (Å²) in [6.45, 7) is 2.30. The standard InChI is InChI=1S/C21H25N5O3/c1-21(11-22,16-7-5-6-8-17(16)29-4)26(2)20-15-10-13(28-3)9-14(19(23)27)18(15)24-12-25-20/h5-10,12H,11,22H2,1-4H3,(H2,23,27). The second kappa shape index (κ2) is 7.92. The van der Waals surface area contributed by atoms with Gasteiger partial charge >= 0.3 is 0 Å². The molecule has 1 atom stereocenters. The van der Waals surface area contributed by atoms with Gasteiger partial charge in [-0.15, -0.1) is 0 Å². The minimum atomic E-state index is -0.649. The fourth-order valence-electron chi connectivity index (χ4n) is 3.45. The second-order valence-electron chi connectivity index (χ2n) is 6.87. The first-order chi connectivity index (χ1) is 13.9. The number of nitrogens with zero attached hydrogens (tertiary/aromatic N) is 3. The number of methoxy groups -OCH3 is 2. The lowest BCUT2D eigenvalue weighted by molar-refractivity contribution is 0.100. The number of likely N-dealkylation sites (N-methyl/N-ethyl adjacent to an activating group) is 1. The molecule has 3 rings (SSSR count). The number of carbonyl (C=O) groups excluding carboxylic acids is 1. The van der Waals surface area contributed by atoms with E-state index in [0.29, 0.717) is 29.0 Å². The van der Waals surface area contributed by atoms with E-state index in [1.165, 1.54) is 13.4 Å². The van der Waals surface area contributed by atoms with Crippen molar-refractivity contribution in [2.45, 2.75) is 12.5 Å². The highest BCUT2D eigenvalue weighted by atomic mass is 16.5. The summed E-state index contributed by atoms with van der Waals surface area (Å²) in [5.74, 6) is 1.21. The van der Waals surface area contributed by atoms with Crippen LogP contribution in [0.25, 0.3) is 10.9 Å². The van der Waals surface area contributed by atoms with Crippen molar-refractivity contribution in [1.29, 1.82) is 0 Å². The molecule has 2 aromatic carbocycles. The van der Waals surface area contributed by atoms with Gasteiger partial charge in [0.25, 0.3) is 5.91 Å². The molecular weight excluding hydrogens is 370 g/mol. The molecule has 8 heteroatoms. The Morgan fingerprint density at radius 2 is 1.90 bits per heavy atom.